The largest absolute Gasteiger partial charge is 0.344 e. The molecule has 0 spiro atoms. The van der Waals surface area contributed by atoms with E-state index < -0.39 is 5.79 Å². The van der Waals surface area contributed by atoms with E-state index in [1.807, 2.05) is 13.8 Å². The van der Waals surface area contributed by atoms with E-state index in [1.54, 1.807) is 0 Å². The Bertz CT molecular complexity index is 299. The number of hydrogen-bond donors (Lipinski definition) is 0. The Balaban J connectivity index is 2.10. The van der Waals surface area contributed by atoms with E-state index in [2.05, 4.69) is 27.7 Å². The molecule has 0 aromatic heterocycles. The van der Waals surface area contributed by atoms with E-state index in [-0.39, 0.29) is 11.7 Å². The third-order valence-corrected chi connectivity index (χ3v) is 5.23. The fraction of sp³-hybridized carbons (Fsp3) is 1.00. The van der Waals surface area contributed by atoms with Crippen molar-refractivity contribution in [2.75, 3.05) is 0 Å². The summed E-state index contributed by atoms with van der Waals surface area (Å²) in [6.07, 6.45) is 5.36. The van der Waals surface area contributed by atoms with Crippen molar-refractivity contribution in [1.82, 2.24) is 0 Å². The van der Waals surface area contributed by atoms with Crippen LogP contribution in [0.2, 0.25) is 0 Å². The monoisotopic (exact) mass is 254 g/mol. The first-order chi connectivity index (χ1) is 8.28. The van der Waals surface area contributed by atoms with Gasteiger partial charge in [-0.1, -0.05) is 33.6 Å². The lowest BCUT2D eigenvalue weighted by Gasteiger charge is -2.44. The number of ether oxygens (including phenoxy) is 2. The van der Waals surface area contributed by atoms with Crippen molar-refractivity contribution < 1.29 is 9.47 Å². The van der Waals surface area contributed by atoms with Gasteiger partial charge in [-0.25, -0.2) is 0 Å². The van der Waals surface area contributed by atoms with Gasteiger partial charge in [0.2, 0.25) is 0 Å². The van der Waals surface area contributed by atoms with Crippen LogP contribution in [0.4, 0.5) is 0 Å². The van der Waals surface area contributed by atoms with Crippen LogP contribution < -0.4 is 0 Å². The molecule has 1 aliphatic heterocycles. The predicted molar refractivity (Wildman–Crippen MR) is 74.4 cm³/mol. The number of hydrogen-bond acceptors (Lipinski definition) is 2. The summed E-state index contributed by atoms with van der Waals surface area (Å²) < 4.78 is 12.4. The predicted octanol–water partition coefficient (Wildman–Crippen LogP) is 4.38. The van der Waals surface area contributed by atoms with Crippen LogP contribution in [0, 0.1) is 17.8 Å². The van der Waals surface area contributed by atoms with Gasteiger partial charge in [-0.2, -0.15) is 0 Å². The topological polar surface area (TPSA) is 18.5 Å². The van der Waals surface area contributed by atoms with Gasteiger partial charge in [-0.05, 0) is 51.4 Å². The van der Waals surface area contributed by atoms with Gasteiger partial charge < -0.3 is 9.47 Å². The van der Waals surface area contributed by atoms with E-state index in [0.717, 1.165) is 11.8 Å². The van der Waals surface area contributed by atoms with Gasteiger partial charge in [0, 0.05) is 0 Å². The molecular weight excluding hydrogens is 224 g/mol. The Morgan fingerprint density at radius 3 is 2.50 bits per heavy atom. The van der Waals surface area contributed by atoms with E-state index in [0.29, 0.717) is 5.92 Å². The zero-order chi connectivity index (χ0) is 13.6. The van der Waals surface area contributed by atoms with Crippen molar-refractivity contribution >= 4 is 0 Å². The minimum atomic E-state index is -0.406. The fourth-order valence-electron chi connectivity index (χ4n) is 3.99. The van der Waals surface area contributed by atoms with Gasteiger partial charge in [0.15, 0.2) is 5.79 Å². The molecule has 0 unspecified atom stereocenters. The highest BCUT2D eigenvalue weighted by atomic mass is 16.8. The molecule has 0 aromatic carbocycles. The minimum Gasteiger partial charge on any atom is -0.344 e. The zero-order valence-corrected chi connectivity index (χ0v) is 13.0. The summed E-state index contributed by atoms with van der Waals surface area (Å²) in [4.78, 5) is 0. The summed E-state index contributed by atoms with van der Waals surface area (Å²) in [6, 6.07) is 0. The highest BCUT2D eigenvalue weighted by molar-refractivity contribution is 5.01. The van der Waals surface area contributed by atoms with Crippen molar-refractivity contribution in [3.8, 4) is 0 Å². The summed E-state index contributed by atoms with van der Waals surface area (Å²) in [6.45, 7) is 13.4. The van der Waals surface area contributed by atoms with Crippen LogP contribution in [0.5, 0.6) is 0 Å². The summed E-state index contributed by atoms with van der Waals surface area (Å²) in [7, 11) is 0. The molecule has 2 aliphatic rings. The highest BCUT2D eigenvalue weighted by Gasteiger charge is 2.56. The van der Waals surface area contributed by atoms with Gasteiger partial charge >= 0.3 is 0 Å². The van der Waals surface area contributed by atoms with Gasteiger partial charge in [0.25, 0.3) is 0 Å². The first-order valence-electron chi connectivity index (χ1n) is 7.66. The second kappa shape index (κ2) is 4.79. The Labute approximate surface area is 112 Å². The van der Waals surface area contributed by atoms with Gasteiger partial charge in [0.1, 0.15) is 0 Å². The average Bonchev–Trinajstić information content (AvgIpc) is 2.49. The molecule has 0 aromatic rings. The molecule has 0 bridgehead atoms. The van der Waals surface area contributed by atoms with Crippen molar-refractivity contribution in [3.05, 3.63) is 0 Å². The normalized spacial score (nSPS) is 44.7. The Hall–Kier alpha value is -0.0800. The first-order valence-corrected chi connectivity index (χ1v) is 7.66. The SMILES string of the molecule is CCC[C@@H](C)[C@H]1C[C@@H](C)[C@]2(C)OC(C)(C)O[C@@H]2C1. The van der Waals surface area contributed by atoms with Gasteiger partial charge in [0.05, 0.1) is 11.7 Å². The summed E-state index contributed by atoms with van der Waals surface area (Å²) in [5.41, 5.74) is -0.0774. The molecular formula is C16H30O2. The maximum atomic E-state index is 6.22. The lowest BCUT2D eigenvalue weighted by Crippen LogP contribution is -2.49. The van der Waals surface area contributed by atoms with Crippen molar-refractivity contribution in [1.29, 1.82) is 0 Å². The molecule has 2 rings (SSSR count). The van der Waals surface area contributed by atoms with Crippen LogP contribution in [0.3, 0.4) is 0 Å². The van der Waals surface area contributed by atoms with Crippen molar-refractivity contribution in [2.24, 2.45) is 17.8 Å². The molecule has 1 saturated carbocycles. The summed E-state index contributed by atoms with van der Waals surface area (Å²) in [5.74, 6) is 1.79. The summed E-state index contributed by atoms with van der Waals surface area (Å²) >= 11 is 0. The van der Waals surface area contributed by atoms with Gasteiger partial charge in [-0.3, -0.25) is 0 Å². The molecule has 2 fully saturated rings. The second-order valence-corrected chi connectivity index (χ2v) is 7.19. The molecule has 0 amide bonds. The molecule has 0 N–H and O–H groups in total. The van der Waals surface area contributed by atoms with E-state index in [9.17, 15) is 0 Å². The van der Waals surface area contributed by atoms with Gasteiger partial charge in [-0.15, -0.1) is 0 Å². The Morgan fingerprint density at radius 1 is 1.22 bits per heavy atom. The van der Waals surface area contributed by atoms with E-state index >= 15 is 0 Å². The maximum absolute atomic E-state index is 6.22. The smallest absolute Gasteiger partial charge is 0.164 e. The molecule has 2 heteroatoms. The molecule has 5 atom stereocenters. The Kier molecular flexibility index (Phi) is 3.81. The molecule has 1 saturated heterocycles. The average molecular weight is 254 g/mol. The molecule has 18 heavy (non-hydrogen) atoms. The lowest BCUT2D eigenvalue weighted by atomic mass is 9.67. The number of fused-ring (bicyclic) bond motifs is 1. The molecule has 0 radical (unpaired) electrons. The minimum absolute atomic E-state index is 0.0774. The van der Waals surface area contributed by atoms with Crippen LogP contribution in [0.25, 0.3) is 0 Å². The summed E-state index contributed by atoms with van der Waals surface area (Å²) in [5, 5.41) is 0. The van der Waals surface area contributed by atoms with E-state index in [1.165, 1.54) is 25.7 Å². The molecule has 106 valence electrons. The highest BCUT2D eigenvalue weighted by Crippen LogP contribution is 2.50. The fourth-order valence-corrected chi connectivity index (χ4v) is 3.99. The standard InChI is InChI=1S/C16H30O2/c1-7-8-11(2)13-9-12(3)16(6)14(10-13)17-15(4,5)18-16/h11-14H,7-10H2,1-6H3/t11-,12-,13+,14-,16+/m1/s1. The van der Waals surface area contributed by atoms with E-state index in [4.69, 9.17) is 9.47 Å². The van der Waals surface area contributed by atoms with Crippen LogP contribution in [-0.4, -0.2) is 17.5 Å². The lowest BCUT2D eigenvalue weighted by molar-refractivity contribution is -0.168. The molecule has 2 nitrogen and oxygen atoms in total. The quantitative estimate of drug-likeness (QED) is 0.744. The third-order valence-electron chi connectivity index (χ3n) is 5.23. The maximum Gasteiger partial charge on any atom is 0.164 e. The van der Waals surface area contributed by atoms with Crippen LogP contribution in [0.1, 0.15) is 67.2 Å². The molecule has 1 heterocycles. The third kappa shape index (κ3) is 2.46. The molecule has 1 aliphatic carbocycles. The Morgan fingerprint density at radius 2 is 1.89 bits per heavy atom. The number of rotatable bonds is 3. The van der Waals surface area contributed by atoms with Crippen LogP contribution in [-0.2, 0) is 9.47 Å². The second-order valence-electron chi connectivity index (χ2n) is 7.19. The zero-order valence-electron chi connectivity index (χ0n) is 13.0. The van der Waals surface area contributed by atoms with Crippen molar-refractivity contribution in [2.45, 2.75) is 84.7 Å². The van der Waals surface area contributed by atoms with Crippen molar-refractivity contribution in [3.63, 3.8) is 0 Å². The first kappa shape index (κ1) is 14.3. The van der Waals surface area contributed by atoms with Crippen LogP contribution >= 0.6 is 0 Å². The van der Waals surface area contributed by atoms with Crippen LogP contribution in [0.15, 0.2) is 0 Å².